The van der Waals surface area contributed by atoms with E-state index in [1.165, 1.54) is 0 Å². The highest BCUT2D eigenvalue weighted by atomic mass is 35.5. The zero-order valence-corrected chi connectivity index (χ0v) is 24.6. The first kappa shape index (κ1) is 28.2. The molecule has 0 saturated heterocycles. The molecule has 218 valence electrons. The molecule has 0 spiro atoms. The van der Waals surface area contributed by atoms with Crippen LogP contribution >= 0.6 is 11.6 Å². The maximum atomic E-state index is 12.4. The summed E-state index contributed by atoms with van der Waals surface area (Å²) >= 11 is 6.85. The van der Waals surface area contributed by atoms with Crippen molar-refractivity contribution in [2.75, 3.05) is 19.5 Å². The highest BCUT2D eigenvalue weighted by Crippen LogP contribution is 2.42. The highest BCUT2D eigenvalue weighted by molar-refractivity contribution is 6.32. The van der Waals surface area contributed by atoms with Crippen LogP contribution in [0.2, 0.25) is 5.15 Å². The van der Waals surface area contributed by atoms with Crippen LogP contribution in [0.15, 0.2) is 79.0 Å². The molecule has 0 bridgehead atoms. The van der Waals surface area contributed by atoms with Gasteiger partial charge >= 0.3 is 6.09 Å². The van der Waals surface area contributed by atoms with Crippen LogP contribution in [-0.2, 0) is 11.3 Å². The summed E-state index contributed by atoms with van der Waals surface area (Å²) in [6, 6.07) is 20.6. The largest absolute Gasteiger partial charge is 0.497 e. The Labute approximate surface area is 254 Å². The van der Waals surface area contributed by atoms with Gasteiger partial charge in [-0.2, -0.15) is 9.61 Å². The lowest BCUT2D eigenvalue weighted by Gasteiger charge is -2.15. The SMILES string of the molecule is COc1ccc(-c2c(Cl)nc3c(C4=CCCCC4)c(-c4ccc(NC(=O)OCc5ccccc5)nc4)nn3c2OC)cc1. The number of halogens is 1. The summed E-state index contributed by atoms with van der Waals surface area (Å²) in [7, 11) is 3.22. The molecule has 0 unspecified atom stereocenters. The molecule has 0 saturated carbocycles. The van der Waals surface area contributed by atoms with E-state index in [2.05, 4.69) is 16.4 Å². The molecule has 0 atom stereocenters. The van der Waals surface area contributed by atoms with Gasteiger partial charge in [-0.25, -0.2) is 14.8 Å². The minimum Gasteiger partial charge on any atom is -0.497 e. The van der Waals surface area contributed by atoms with Crippen LogP contribution in [-0.4, -0.2) is 39.9 Å². The van der Waals surface area contributed by atoms with Crippen LogP contribution in [0.4, 0.5) is 10.6 Å². The molecule has 0 aliphatic heterocycles. The average Bonchev–Trinajstić information content (AvgIpc) is 3.43. The highest BCUT2D eigenvalue weighted by Gasteiger charge is 2.26. The number of benzene rings is 2. The van der Waals surface area contributed by atoms with E-state index in [4.69, 9.17) is 35.9 Å². The minimum atomic E-state index is -0.584. The summed E-state index contributed by atoms with van der Waals surface area (Å²) in [4.78, 5) is 21.7. The summed E-state index contributed by atoms with van der Waals surface area (Å²) in [5, 5.41) is 7.99. The molecule has 1 N–H and O–H groups in total. The normalized spacial score (nSPS) is 13.0. The van der Waals surface area contributed by atoms with Crippen LogP contribution in [0.25, 0.3) is 33.6 Å². The fraction of sp³-hybridized carbons (Fsp3) is 0.212. The Bertz CT molecular complexity index is 1790. The fourth-order valence-electron chi connectivity index (χ4n) is 5.22. The van der Waals surface area contributed by atoms with Gasteiger partial charge in [-0.05, 0) is 66.6 Å². The van der Waals surface area contributed by atoms with E-state index in [1.54, 1.807) is 31.0 Å². The maximum Gasteiger partial charge on any atom is 0.413 e. The van der Waals surface area contributed by atoms with Gasteiger partial charge in [0.25, 0.3) is 0 Å². The van der Waals surface area contributed by atoms with E-state index in [0.29, 0.717) is 33.8 Å². The van der Waals surface area contributed by atoms with Crippen molar-refractivity contribution in [3.63, 3.8) is 0 Å². The van der Waals surface area contributed by atoms with Crippen LogP contribution in [0.3, 0.4) is 0 Å². The Kier molecular flexibility index (Phi) is 8.24. The number of hydrogen-bond donors (Lipinski definition) is 1. The van der Waals surface area contributed by atoms with Crippen LogP contribution in [0.5, 0.6) is 11.6 Å². The smallest absolute Gasteiger partial charge is 0.413 e. The first-order valence-corrected chi connectivity index (χ1v) is 14.4. The van der Waals surface area contributed by atoms with Crippen molar-refractivity contribution in [3.05, 3.63) is 95.3 Å². The van der Waals surface area contributed by atoms with Crippen molar-refractivity contribution >= 4 is 34.7 Å². The Morgan fingerprint density at radius 1 is 0.953 bits per heavy atom. The second kappa shape index (κ2) is 12.5. The van der Waals surface area contributed by atoms with Gasteiger partial charge in [0, 0.05) is 11.8 Å². The van der Waals surface area contributed by atoms with E-state index in [-0.39, 0.29) is 6.61 Å². The van der Waals surface area contributed by atoms with E-state index in [9.17, 15) is 4.79 Å². The number of carbonyl (C=O) groups is 1. The van der Waals surface area contributed by atoms with Crippen molar-refractivity contribution < 1.29 is 19.0 Å². The molecule has 3 aromatic heterocycles. The van der Waals surface area contributed by atoms with Crippen molar-refractivity contribution in [1.29, 1.82) is 0 Å². The number of fused-ring (bicyclic) bond motifs is 1. The maximum absolute atomic E-state index is 12.4. The molecule has 1 aliphatic carbocycles. The number of hydrogen-bond acceptors (Lipinski definition) is 7. The Hall–Kier alpha value is -4.89. The van der Waals surface area contributed by atoms with Gasteiger partial charge in [-0.3, -0.25) is 5.32 Å². The third-order valence-corrected chi connectivity index (χ3v) is 7.62. The topological polar surface area (TPSA) is 99.9 Å². The quantitative estimate of drug-likeness (QED) is 0.182. The minimum absolute atomic E-state index is 0.167. The number of nitrogens with zero attached hydrogens (tertiary/aromatic N) is 4. The molecular formula is C33H30ClN5O4. The molecule has 10 heteroatoms. The van der Waals surface area contributed by atoms with Crippen LogP contribution < -0.4 is 14.8 Å². The van der Waals surface area contributed by atoms with Gasteiger partial charge in [0.2, 0.25) is 5.88 Å². The fourth-order valence-corrected chi connectivity index (χ4v) is 5.49. The van der Waals surface area contributed by atoms with Gasteiger partial charge in [0.05, 0.1) is 25.3 Å². The second-order valence-corrected chi connectivity index (χ2v) is 10.4. The van der Waals surface area contributed by atoms with Gasteiger partial charge in [-0.1, -0.05) is 60.1 Å². The number of pyridine rings is 1. The lowest BCUT2D eigenvalue weighted by molar-refractivity contribution is 0.155. The van der Waals surface area contributed by atoms with Crippen LogP contribution in [0, 0.1) is 0 Å². The van der Waals surface area contributed by atoms with Crippen LogP contribution in [0.1, 0.15) is 36.8 Å². The van der Waals surface area contributed by atoms with Gasteiger partial charge in [0.15, 0.2) is 5.65 Å². The molecule has 3 heterocycles. The van der Waals surface area contributed by atoms with Crippen molar-refractivity contribution in [3.8, 4) is 34.0 Å². The Morgan fingerprint density at radius 2 is 1.74 bits per heavy atom. The molecule has 9 nitrogen and oxygen atoms in total. The Balaban J connectivity index is 1.37. The molecule has 1 aliphatic rings. The number of methoxy groups -OCH3 is 2. The van der Waals surface area contributed by atoms with E-state index < -0.39 is 6.09 Å². The third kappa shape index (κ3) is 5.89. The van der Waals surface area contributed by atoms with Crippen molar-refractivity contribution in [2.24, 2.45) is 0 Å². The molecule has 43 heavy (non-hydrogen) atoms. The first-order valence-electron chi connectivity index (χ1n) is 14.0. The summed E-state index contributed by atoms with van der Waals surface area (Å²) < 4.78 is 18.3. The van der Waals surface area contributed by atoms with Gasteiger partial charge < -0.3 is 14.2 Å². The predicted octanol–water partition coefficient (Wildman–Crippen LogP) is 7.84. The Morgan fingerprint density at radius 3 is 2.42 bits per heavy atom. The lowest BCUT2D eigenvalue weighted by Crippen LogP contribution is -2.14. The molecule has 1 amide bonds. The third-order valence-electron chi connectivity index (χ3n) is 7.34. The lowest BCUT2D eigenvalue weighted by atomic mass is 9.92. The number of amides is 1. The molecule has 6 rings (SSSR count). The monoisotopic (exact) mass is 595 g/mol. The van der Waals surface area contributed by atoms with E-state index in [1.807, 2.05) is 60.7 Å². The summed E-state index contributed by atoms with van der Waals surface area (Å²) in [6.45, 7) is 0.167. The molecule has 2 aromatic carbocycles. The van der Waals surface area contributed by atoms with Crippen molar-refractivity contribution in [1.82, 2.24) is 19.6 Å². The molecule has 0 radical (unpaired) electrons. The number of ether oxygens (including phenoxy) is 3. The predicted molar refractivity (Wildman–Crippen MR) is 166 cm³/mol. The second-order valence-electron chi connectivity index (χ2n) is 10.1. The number of aromatic nitrogens is 4. The number of nitrogens with one attached hydrogen (secondary N) is 1. The van der Waals surface area contributed by atoms with Crippen molar-refractivity contribution in [2.45, 2.75) is 32.3 Å². The standard InChI is InChI=1S/C33H30ClN5O4/c1-41-25-16-13-23(14-17-25)28-30(34)37-31-27(22-11-7-4-8-12-22)29(38-39(31)32(28)42-2)24-15-18-26(35-19-24)36-33(40)43-20-21-9-5-3-6-10-21/h3,5-6,9-11,13-19H,4,7-8,12,20H2,1-2H3,(H,35,36,40). The first-order chi connectivity index (χ1) is 21.1. The number of allylic oxidation sites excluding steroid dienone is 2. The van der Waals surface area contributed by atoms with Gasteiger partial charge in [0.1, 0.15) is 29.0 Å². The number of rotatable bonds is 8. The number of anilines is 1. The zero-order valence-electron chi connectivity index (χ0n) is 23.8. The average molecular weight is 596 g/mol. The summed E-state index contributed by atoms with van der Waals surface area (Å²) in [5.74, 6) is 1.57. The van der Waals surface area contributed by atoms with E-state index >= 15 is 0 Å². The van der Waals surface area contributed by atoms with E-state index in [0.717, 1.165) is 59.3 Å². The summed E-state index contributed by atoms with van der Waals surface area (Å²) in [5.41, 5.74) is 6.47. The molecule has 0 fully saturated rings. The summed E-state index contributed by atoms with van der Waals surface area (Å²) in [6.07, 6.45) is 7.43. The zero-order chi connectivity index (χ0) is 29.8. The molecule has 5 aromatic rings. The number of carbonyl (C=O) groups excluding carboxylic acids is 1. The molecular weight excluding hydrogens is 566 g/mol. The van der Waals surface area contributed by atoms with Gasteiger partial charge in [-0.15, -0.1) is 0 Å².